The smallest absolute Gasteiger partial charge is 0.267 e. The van der Waals surface area contributed by atoms with Crippen molar-refractivity contribution in [1.82, 2.24) is 21.4 Å². The lowest BCUT2D eigenvalue weighted by molar-refractivity contribution is -0.124. The number of nitrogens with zero attached hydrogens (tertiary/aromatic N) is 1. The van der Waals surface area contributed by atoms with Crippen LogP contribution in [0.25, 0.3) is 0 Å². The zero-order valence-electron chi connectivity index (χ0n) is 14.3. The first-order valence-electron chi connectivity index (χ1n) is 8.31. The Kier molecular flexibility index (Phi) is 7.68. The molecule has 0 saturated carbocycles. The van der Waals surface area contributed by atoms with E-state index in [0.717, 1.165) is 31.0 Å². The van der Waals surface area contributed by atoms with Gasteiger partial charge in [0, 0.05) is 18.8 Å². The molecule has 0 saturated heterocycles. The van der Waals surface area contributed by atoms with Crippen LogP contribution in [0.1, 0.15) is 12.5 Å². The van der Waals surface area contributed by atoms with Crippen molar-refractivity contribution >= 4 is 11.7 Å². The average Bonchev–Trinajstić information content (AvgIpc) is 2.65. The summed E-state index contributed by atoms with van der Waals surface area (Å²) in [5.41, 5.74) is 3.62. The van der Waals surface area contributed by atoms with Gasteiger partial charge in [-0.15, -0.1) is 0 Å². The third-order valence-corrected chi connectivity index (χ3v) is 3.63. The maximum Gasteiger partial charge on any atom is 0.267 e. The van der Waals surface area contributed by atoms with Gasteiger partial charge in [0.2, 0.25) is 0 Å². The first-order chi connectivity index (χ1) is 12.2. The molecular formula is C18H25N5O2. The molecule has 25 heavy (non-hydrogen) atoms. The molecule has 1 amide bonds. The van der Waals surface area contributed by atoms with Crippen LogP contribution in [-0.2, 0) is 11.2 Å². The van der Waals surface area contributed by atoms with E-state index in [1.807, 2.05) is 6.07 Å². The van der Waals surface area contributed by atoms with Crippen molar-refractivity contribution in [2.24, 2.45) is 4.99 Å². The van der Waals surface area contributed by atoms with Crippen LogP contribution < -0.4 is 21.4 Å². The fourth-order valence-corrected chi connectivity index (χ4v) is 2.34. The number of benzene rings is 1. The van der Waals surface area contributed by atoms with E-state index in [1.165, 1.54) is 11.6 Å². The highest BCUT2D eigenvalue weighted by Gasteiger charge is 2.07. The highest BCUT2D eigenvalue weighted by Crippen LogP contribution is 1.99. The number of nitrogens with one attached hydrogen (secondary N) is 4. The van der Waals surface area contributed by atoms with Crippen molar-refractivity contribution in [2.45, 2.75) is 19.4 Å². The van der Waals surface area contributed by atoms with Crippen LogP contribution >= 0.6 is 0 Å². The fourth-order valence-electron chi connectivity index (χ4n) is 2.34. The molecule has 1 aliphatic rings. The fraction of sp³-hybridized carbons (Fsp3) is 0.333. The number of carbonyl (C=O) groups excluding carboxylic acids is 1. The molecule has 0 fully saturated rings. The molecule has 1 aromatic rings. The molecule has 7 nitrogen and oxygen atoms in total. The van der Waals surface area contributed by atoms with E-state index in [2.05, 4.69) is 52.1 Å². The topological polar surface area (TPSA) is 97.8 Å². The number of amides is 1. The highest BCUT2D eigenvalue weighted by molar-refractivity contribution is 5.88. The van der Waals surface area contributed by atoms with Gasteiger partial charge in [-0.1, -0.05) is 30.3 Å². The van der Waals surface area contributed by atoms with Crippen LogP contribution in [0, 0.1) is 0 Å². The number of hydroxylamine groups is 1. The van der Waals surface area contributed by atoms with Crippen molar-refractivity contribution in [3.05, 3.63) is 59.9 Å². The summed E-state index contributed by atoms with van der Waals surface area (Å²) in [5, 5.41) is 18.1. The molecule has 134 valence electrons. The zero-order valence-corrected chi connectivity index (χ0v) is 14.3. The molecule has 1 atom stereocenters. The minimum Gasteiger partial charge on any atom is -0.377 e. The normalized spacial score (nSPS) is 16.9. The molecule has 0 aliphatic carbocycles. The van der Waals surface area contributed by atoms with Crippen molar-refractivity contribution in [2.75, 3.05) is 19.6 Å². The van der Waals surface area contributed by atoms with E-state index < -0.39 is 5.91 Å². The third-order valence-electron chi connectivity index (χ3n) is 3.63. The summed E-state index contributed by atoms with van der Waals surface area (Å²) in [6, 6.07) is 10.6. The number of allylic oxidation sites excluding steroid dienone is 1. The monoisotopic (exact) mass is 343 g/mol. The number of hydrogen-bond acceptors (Lipinski definition) is 5. The van der Waals surface area contributed by atoms with Crippen molar-refractivity contribution < 1.29 is 10.0 Å². The summed E-state index contributed by atoms with van der Waals surface area (Å²) in [7, 11) is 0. The summed E-state index contributed by atoms with van der Waals surface area (Å²) >= 11 is 0. The van der Waals surface area contributed by atoms with Crippen LogP contribution in [-0.4, -0.2) is 42.6 Å². The minimum atomic E-state index is -0.572. The Hall–Kier alpha value is -2.64. The van der Waals surface area contributed by atoms with Gasteiger partial charge in [0.05, 0.1) is 18.3 Å². The first-order valence-corrected chi connectivity index (χ1v) is 8.31. The number of aliphatic imine (C=N–C) groups is 1. The lowest BCUT2D eigenvalue weighted by atomic mass is 10.1. The van der Waals surface area contributed by atoms with Crippen molar-refractivity contribution in [1.29, 1.82) is 0 Å². The van der Waals surface area contributed by atoms with Crippen LogP contribution in [0.15, 0.2) is 59.4 Å². The molecule has 1 aliphatic heterocycles. The van der Waals surface area contributed by atoms with Crippen LogP contribution in [0.5, 0.6) is 0 Å². The van der Waals surface area contributed by atoms with Gasteiger partial charge in [-0.25, -0.2) is 5.48 Å². The number of rotatable bonds is 8. The summed E-state index contributed by atoms with van der Waals surface area (Å²) in [6.45, 7) is 4.36. The maximum atomic E-state index is 10.9. The molecule has 0 aromatic heterocycles. The average molecular weight is 343 g/mol. The third kappa shape index (κ3) is 7.19. The van der Waals surface area contributed by atoms with E-state index in [9.17, 15) is 4.79 Å². The summed E-state index contributed by atoms with van der Waals surface area (Å²) in [6.07, 6.45) is 5.55. The Morgan fingerprint density at radius 2 is 2.20 bits per heavy atom. The Balaban J connectivity index is 1.69. The molecule has 1 heterocycles. The standard InChI is InChI=1S/C18H25N5O2/c1-14(11-19-10-9-15-5-3-2-4-6-15)22-17-13-20-16(12-21-17)7-8-18(24)23-25/h2-8,12,14,19-20,25H,9-11,13H2,1H3,(H,21,22)(H,23,24)/b8-7+. The van der Waals surface area contributed by atoms with Crippen molar-refractivity contribution in [3.63, 3.8) is 0 Å². The van der Waals surface area contributed by atoms with Crippen molar-refractivity contribution in [3.8, 4) is 0 Å². The highest BCUT2D eigenvalue weighted by atomic mass is 16.5. The zero-order chi connectivity index (χ0) is 17.9. The van der Waals surface area contributed by atoms with E-state index in [4.69, 9.17) is 5.21 Å². The van der Waals surface area contributed by atoms with Gasteiger partial charge in [0.25, 0.3) is 5.91 Å². The summed E-state index contributed by atoms with van der Waals surface area (Å²) < 4.78 is 0. The molecule has 5 N–H and O–H groups in total. The van der Waals surface area contributed by atoms with Gasteiger partial charge < -0.3 is 16.0 Å². The predicted octanol–water partition coefficient (Wildman–Crippen LogP) is 0.702. The Labute approximate surface area is 147 Å². The SMILES string of the molecule is CC(CNCCc1ccccc1)N=C1CNC(/C=C/C(=O)NO)=CN1. The van der Waals surface area contributed by atoms with Gasteiger partial charge in [0.1, 0.15) is 5.84 Å². The predicted molar refractivity (Wildman–Crippen MR) is 98.2 cm³/mol. The van der Waals surface area contributed by atoms with Crippen LogP contribution in [0.2, 0.25) is 0 Å². The minimum absolute atomic E-state index is 0.158. The van der Waals surface area contributed by atoms with Gasteiger partial charge in [-0.2, -0.15) is 0 Å². The molecular weight excluding hydrogens is 318 g/mol. The molecule has 0 spiro atoms. The Morgan fingerprint density at radius 1 is 1.40 bits per heavy atom. The molecule has 0 bridgehead atoms. The second-order valence-electron chi connectivity index (χ2n) is 5.77. The molecule has 7 heteroatoms. The Bertz CT molecular complexity index is 640. The second-order valence-corrected chi connectivity index (χ2v) is 5.77. The van der Waals surface area contributed by atoms with E-state index in [0.29, 0.717) is 6.54 Å². The van der Waals surface area contributed by atoms with Gasteiger partial charge in [0.15, 0.2) is 0 Å². The van der Waals surface area contributed by atoms with Gasteiger partial charge in [-0.05, 0) is 31.5 Å². The van der Waals surface area contributed by atoms with E-state index in [-0.39, 0.29) is 6.04 Å². The summed E-state index contributed by atoms with van der Waals surface area (Å²) in [5.74, 6) is 0.276. The lowest BCUT2D eigenvalue weighted by Gasteiger charge is -2.18. The molecule has 0 radical (unpaired) electrons. The lowest BCUT2D eigenvalue weighted by Crippen LogP contribution is -2.38. The number of carbonyl (C=O) groups is 1. The van der Waals surface area contributed by atoms with Crippen LogP contribution in [0.4, 0.5) is 0 Å². The molecule has 1 unspecified atom stereocenters. The first kappa shape index (κ1) is 18.7. The Morgan fingerprint density at radius 3 is 2.88 bits per heavy atom. The number of amidine groups is 1. The number of hydrogen-bond donors (Lipinski definition) is 5. The largest absolute Gasteiger partial charge is 0.377 e. The van der Waals surface area contributed by atoms with E-state index >= 15 is 0 Å². The van der Waals surface area contributed by atoms with Gasteiger partial charge in [-0.3, -0.25) is 15.0 Å². The molecule has 1 aromatic carbocycles. The molecule has 2 rings (SSSR count). The van der Waals surface area contributed by atoms with Crippen LogP contribution in [0.3, 0.4) is 0 Å². The second kappa shape index (κ2) is 10.3. The maximum absolute atomic E-state index is 10.9. The quantitative estimate of drug-likeness (QED) is 0.207. The van der Waals surface area contributed by atoms with Gasteiger partial charge >= 0.3 is 0 Å². The summed E-state index contributed by atoms with van der Waals surface area (Å²) in [4.78, 5) is 15.5. The van der Waals surface area contributed by atoms with E-state index in [1.54, 1.807) is 17.8 Å².